The number of carboxylic acid groups (broad SMARTS) is 1. The fourth-order valence-corrected chi connectivity index (χ4v) is 2.27. The van der Waals surface area contributed by atoms with Gasteiger partial charge in [0.05, 0.1) is 0 Å². The molecule has 0 aromatic heterocycles. The second kappa shape index (κ2) is 8.19. The quantitative estimate of drug-likeness (QED) is 0.556. The third-order valence-electron chi connectivity index (χ3n) is 1.76. The van der Waals surface area contributed by atoms with E-state index in [0.717, 1.165) is 0 Å². The summed E-state index contributed by atoms with van der Waals surface area (Å²) in [5, 5.41) is 12.8. The summed E-state index contributed by atoms with van der Waals surface area (Å²) in [6, 6.07) is -0.967. The molecule has 0 aromatic carbocycles. The molecule has 0 aliphatic carbocycles. The summed E-state index contributed by atoms with van der Waals surface area (Å²) in [7, 11) is 1.47. The molecule has 17 heavy (non-hydrogen) atoms. The predicted octanol–water partition coefficient (Wildman–Crippen LogP) is -0.338. The summed E-state index contributed by atoms with van der Waals surface area (Å²) in [5.41, 5.74) is 0. The lowest BCUT2D eigenvalue weighted by Gasteiger charge is -2.13. The molecule has 0 bridgehead atoms. The monoisotopic (exact) mass is 282 g/mol. The van der Waals surface area contributed by atoms with Crippen molar-refractivity contribution in [2.75, 3.05) is 18.6 Å². The van der Waals surface area contributed by atoms with E-state index in [-0.39, 0.29) is 17.4 Å². The average molecular weight is 283 g/mol. The molecule has 0 radical (unpaired) electrons. The molecule has 0 aliphatic heterocycles. The van der Waals surface area contributed by atoms with Crippen molar-refractivity contribution in [3.05, 3.63) is 0 Å². The molecule has 0 rings (SSSR count). The van der Waals surface area contributed by atoms with E-state index in [1.54, 1.807) is 0 Å². The van der Waals surface area contributed by atoms with Crippen molar-refractivity contribution in [1.82, 2.24) is 10.6 Å². The summed E-state index contributed by atoms with van der Waals surface area (Å²) in [5.74, 6) is -1.39. The standard InChI is InChI=1S/C9H15ClN2O4S/c1-5(13)12-7(9(15)16)4-17-3-6(10)8(14)11-2/h6-7H,3-4H2,1-2H3,(H,11,14)(H,12,13)(H,15,16). The number of halogens is 1. The van der Waals surface area contributed by atoms with Crippen LogP contribution in [0.1, 0.15) is 6.92 Å². The second-order valence-electron chi connectivity index (χ2n) is 3.21. The highest BCUT2D eigenvalue weighted by molar-refractivity contribution is 7.99. The lowest BCUT2D eigenvalue weighted by Crippen LogP contribution is -2.41. The largest absolute Gasteiger partial charge is 0.480 e. The van der Waals surface area contributed by atoms with Gasteiger partial charge in [0.25, 0.3) is 0 Å². The number of alkyl halides is 1. The van der Waals surface area contributed by atoms with Gasteiger partial charge in [0.1, 0.15) is 11.4 Å². The van der Waals surface area contributed by atoms with E-state index in [1.807, 2.05) is 0 Å². The highest BCUT2D eigenvalue weighted by Crippen LogP contribution is 2.10. The Morgan fingerprint density at radius 2 is 1.94 bits per heavy atom. The zero-order valence-corrected chi connectivity index (χ0v) is 11.1. The van der Waals surface area contributed by atoms with E-state index in [0.29, 0.717) is 0 Å². The van der Waals surface area contributed by atoms with Crippen molar-refractivity contribution in [3.8, 4) is 0 Å². The van der Waals surface area contributed by atoms with Gasteiger partial charge < -0.3 is 15.7 Å². The average Bonchev–Trinajstić information content (AvgIpc) is 2.25. The first-order chi connectivity index (χ1) is 7.88. The first-order valence-electron chi connectivity index (χ1n) is 4.81. The zero-order chi connectivity index (χ0) is 13.4. The third-order valence-corrected chi connectivity index (χ3v) is 3.43. The lowest BCUT2D eigenvalue weighted by atomic mass is 10.3. The van der Waals surface area contributed by atoms with E-state index in [1.165, 1.54) is 25.7 Å². The lowest BCUT2D eigenvalue weighted by molar-refractivity contribution is -0.140. The van der Waals surface area contributed by atoms with Gasteiger partial charge in [0.15, 0.2) is 0 Å². The molecule has 0 heterocycles. The van der Waals surface area contributed by atoms with Gasteiger partial charge in [-0.25, -0.2) is 4.79 Å². The van der Waals surface area contributed by atoms with Crippen LogP contribution in [0.15, 0.2) is 0 Å². The molecular weight excluding hydrogens is 268 g/mol. The maximum Gasteiger partial charge on any atom is 0.327 e. The van der Waals surface area contributed by atoms with Crippen molar-refractivity contribution < 1.29 is 19.5 Å². The van der Waals surface area contributed by atoms with E-state index in [4.69, 9.17) is 16.7 Å². The van der Waals surface area contributed by atoms with Crippen LogP contribution in [0.2, 0.25) is 0 Å². The molecule has 0 spiro atoms. The van der Waals surface area contributed by atoms with Crippen LogP contribution < -0.4 is 10.6 Å². The first kappa shape index (κ1) is 16.1. The molecule has 98 valence electrons. The Morgan fingerprint density at radius 3 is 2.35 bits per heavy atom. The van der Waals surface area contributed by atoms with Crippen LogP contribution in [0.5, 0.6) is 0 Å². The zero-order valence-electron chi connectivity index (χ0n) is 9.53. The summed E-state index contributed by atoms with van der Waals surface area (Å²) in [6.45, 7) is 1.25. The summed E-state index contributed by atoms with van der Waals surface area (Å²) in [4.78, 5) is 32.6. The molecule has 0 fully saturated rings. The van der Waals surface area contributed by atoms with Gasteiger partial charge in [-0.15, -0.1) is 11.6 Å². The number of hydrogen-bond acceptors (Lipinski definition) is 4. The minimum atomic E-state index is -1.11. The minimum absolute atomic E-state index is 0.162. The van der Waals surface area contributed by atoms with Gasteiger partial charge in [-0.1, -0.05) is 0 Å². The van der Waals surface area contributed by atoms with Gasteiger partial charge in [-0.3, -0.25) is 9.59 Å². The maximum atomic E-state index is 11.1. The Labute approximate surface area is 108 Å². The molecule has 6 nitrogen and oxygen atoms in total. The van der Waals surface area contributed by atoms with Crippen molar-refractivity contribution in [1.29, 1.82) is 0 Å². The van der Waals surface area contributed by atoms with Crippen LogP contribution in [-0.2, 0) is 14.4 Å². The van der Waals surface area contributed by atoms with Gasteiger partial charge in [-0.05, 0) is 0 Å². The normalized spacial score (nSPS) is 13.6. The highest BCUT2D eigenvalue weighted by Gasteiger charge is 2.20. The number of carboxylic acids is 1. The van der Waals surface area contributed by atoms with Crippen molar-refractivity contribution >= 4 is 41.1 Å². The Hall–Kier alpha value is -0.950. The molecule has 8 heteroatoms. The first-order valence-corrected chi connectivity index (χ1v) is 6.41. The summed E-state index contributed by atoms with van der Waals surface area (Å²) in [6.07, 6.45) is 0. The van der Waals surface area contributed by atoms with Crippen molar-refractivity contribution in [2.45, 2.75) is 18.3 Å². The van der Waals surface area contributed by atoms with Crippen molar-refractivity contribution in [2.24, 2.45) is 0 Å². The summed E-state index contributed by atoms with van der Waals surface area (Å²) >= 11 is 6.93. The predicted molar refractivity (Wildman–Crippen MR) is 66.3 cm³/mol. The van der Waals surface area contributed by atoms with E-state index in [2.05, 4.69) is 10.6 Å². The fraction of sp³-hybridized carbons (Fsp3) is 0.667. The highest BCUT2D eigenvalue weighted by atomic mass is 35.5. The van der Waals surface area contributed by atoms with Crippen molar-refractivity contribution in [3.63, 3.8) is 0 Å². The van der Waals surface area contributed by atoms with Gasteiger partial charge in [0, 0.05) is 25.5 Å². The molecule has 2 amide bonds. The Balaban J connectivity index is 4.02. The van der Waals surface area contributed by atoms with E-state index >= 15 is 0 Å². The number of nitrogens with one attached hydrogen (secondary N) is 2. The smallest absolute Gasteiger partial charge is 0.327 e. The van der Waals surface area contributed by atoms with Gasteiger partial charge in [0.2, 0.25) is 11.8 Å². The SMILES string of the molecule is CNC(=O)C(Cl)CSCC(NC(C)=O)C(=O)O. The number of amides is 2. The molecule has 3 N–H and O–H groups in total. The molecule has 0 aliphatic rings. The van der Waals surface area contributed by atoms with E-state index < -0.39 is 23.3 Å². The van der Waals surface area contributed by atoms with Crippen LogP contribution in [0.4, 0.5) is 0 Å². The van der Waals surface area contributed by atoms with Crippen LogP contribution >= 0.6 is 23.4 Å². The minimum Gasteiger partial charge on any atom is -0.480 e. The van der Waals surface area contributed by atoms with Gasteiger partial charge in [-0.2, -0.15) is 11.8 Å². The Kier molecular flexibility index (Phi) is 7.73. The molecule has 0 aromatic rings. The van der Waals surface area contributed by atoms with E-state index in [9.17, 15) is 14.4 Å². The number of carbonyl (C=O) groups excluding carboxylic acids is 2. The van der Waals surface area contributed by atoms with Crippen LogP contribution in [0.25, 0.3) is 0 Å². The molecule has 2 atom stereocenters. The number of carbonyl (C=O) groups is 3. The molecular formula is C9H15ClN2O4S. The van der Waals surface area contributed by atoms with Crippen LogP contribution in [0, 0.1) is 0 Å². The van der Waals surface area contributed by atoms with Gasteiger partial charge >= 0.3 is 5.97 Å². The Bertz CT molecular complexity index is 301. The number of rotatable bonds is 7. The third kappa shape index (κ3) is 7.06. The summed E-state index contributed by atoms with van der Waals surface area (Å²) < 4.78 is 0. The van der Waals surface area contributed by atoms with Crippen LogP contribution in [-0.4, -0.2) is 52.9 Å². The fourth-order valence-electron chi connectivity index (χ4n) is 0.942. The number of thioether (sulfide) groups is 1. The number of hydrogen-bond donors (Lipinski definition) is 3. The topological polar surface area (TPSA) is 95.5 Å². The Morgan fingerprint density at radius 1 is 1.35 bits per heavy atom. The molecule has 0 saturated heterocycles. The molecule has 2 unspecified atom stereocenters. The number of aliphatic carboxylic acids is 1. The van der Waals surface area contributed by atoms with Crippen LogP contribution in [0.3, 0.4) is 0 Å². The maximum absolute atomic E-state index is 11.1. The molecule has 0 saturated carbocycles. The second-order valence-corrected chi connectivity index (χ2v) is 4.81.